The van der Waals surface area contributed by atoms with Crippen LogP contribution in [0.15, 0.2) is 18.2 Å². The van der Waals surface area contributed by atoms with Gasteiger partial charge in [0.15, 0.2) is 0 Å². The van der Waals surface area contributed by atoms with Crippen molar-refractivity contribution < 1.29 is 14.9 Å². The average Bonchev–Trinajstić information content (AvgIpc) is 2.08. The van der Waals surface area contributed by atoms with Gasteiger partial charge in [-0.25, -0.2) is 0 Å². The molecule has 0 aliphatic carbocycles. The molecule has 0 spiro atoms. The first-order valence-corrected chi connectivity index (χ1v) is 4.14. The molecular weight excluding hydrogens is 168 g/mol. The molecule has 0 aliphatic heterocycles. The molecule has 1 aromatic carbocycles. The first-order chi connectivity index (χ1) is 6.15. The van der Waals surface area contributed by atoms with Gasteiger partial charge in [0, 0.05) is 12.7 Å². The molecule has 0 saturated heterocycles. The summed E-state index contributed by atoms with van der Waals surface area (Å²) in [5.74, 6) is 0.167. The van der Waals surface area contributed by atoms with E-state index in [2.05, 4.69) is 0 Å². The van der Waals surface area contributed by atoms with Crippen LogP contribution in [0.5, 0.6) is 5.75 Å². The second-order valence-corrected chi connectivity index (χ2v) is 3.00. The fraction of sp³-hybridized carbons (Fsp3) is 0.400. The van der Waals surface area contributed by atoms with Crippen molar-refractivity contribution in [3.63, 3.8) is 0 Å². The van der Waals surface area contributed by atoms with E-state index in [-0.39, 0.29) is 5.75 Å². The lowest BCUT2D eigenvalue weighted by molar-refractivity contribution is 0.181. The van der Waals surface area contributed by atoms with Gasteiger partial charge in [-0.2, -0.15) is 0 Å². The third kappa shape index (κ3) is 2.44. The summed E-state index contributed by atoms with van der Waals surface area (Å²) in [4.78, 5) is 0. The Labute approximate surface area is 77.6 Å². The monoisotopic (exact) mass is 182 g/mol. The third-order valence-electron chi connectivity index (χ3n) is 1.89. The highest BCUT2D eigenvalue weighted by Crippen LogP contribution is 2.22. The molecular formula is C10H14O3. The van der Waals surface area contributed by atoms with Crippen LogP contribution in [0.3, 0.4) is 0 Å². The fourth-order valence-electron chi connectivity index (χ4n) is 1.12. The molecule has 0 aromatic heterocycles. The number of methoxy groups -OCH3 is 1. The summed E-state index contributed by atoms with van der Waals surface area (Å²) in [6, 6.07) is 5.08. The molecule has 0 fully saturated rings. The minimum Gasteiger partial charge on any atom is -0.508 e. The lowest BCUT2D eigenvalue weighted by Crippen LogP contribution is -1.93. The molecule has 0 aliphatic rings. The Bertz CT molecular complexity index is 281. The normalized spacial score (nSPS) is 12.8. The SMILES string of the molecule is COCc1ccc(C(C)O)cc1O. The summed E-state index contributed by atoms with van der Waals surface area (Å²) in [5, 5.41) is 18.7. The van der Waals surface area contributed by atoms with Crippen molar-refractivity contribution in [2.24, 2.45) is 0 Å². The van der Waals surface area contributed by atoms with E-state index in [1.807, 2.05) is 0 Å². The van der Waals surface area contributed by atoms with E-state index >= 15 is 0 Å². The van der Waals surface area contributed by atoms with Crippen LogP contribution in [0.2, 0.25) is 0 Å². The van der Waals surface area contributed by atoms with Gasteiger partial charge in [0.05, 0.1) is 12.7 Å². The topological polar surface area (TPSA) is 49.7 Å². The van der Waals surface area contributed by atoms with E-state index in [4.69, 9.17) is 4.74 Å². The predicted octanol–water partition coefficient (Wildman–Crippen LogP) is 1.59. The van der Waals surface area contributed by atoms with Gasteiger partial charge in [0.2, 0.25) is 0 Å². The highest BCUT2D eigenvalue weighted by atomic mass is 16.5. The Morgan fingerprint density at radius 3 is 2.62 bits per heavy atom. The average molecular weight is 182 g/mol. The van der Waals surface area contributed by atoms with Gasteiger partial charge in [0.1, 0.15) is 5.75 Å². The lowest BCUT2D eigenvalue weighted by Gasteiger charge is -2.08. The van der Waals surface area contributed by atoms with E-state index in [9.17, 15) is 10.2 Å². The Kier molecular flexibility index (Phi) is 3.28. The van der Waals surface area contributed by atoms with Crippen LogP contribution in [-0.4, -0.2) is 17.3 Å². The minimum atomic E-state index is -0.553. The zero-order valence-corrected chi connectivity index (χ0v) is 7.82. The third-order valence-corrected chi connectivity index (χ3v) is 1.89. The van der Waals surface area contributed by atoms with Crippen molar-refractivity contribution in [3.8, 4) is 5.75 Å². The molecule has 0 radical (unpaired) electrons. The zero-order valence-electron chi connectivity index (χ0n) is 7.82. The van der Waals surface area contributed by atoms with Crippen LogP contribution in [0, 0.1) is 0 Å². The number of phenols is 1. The Morgan fingerprint density at radius 1 is 1.46 bits per heavy atom. The number of phenolic OH excluding ortho intramolecular Hbond substituents is 1. The van der Waals surface area contributed by atoms with Crippen LogP contribution in [0.4, 0.5) is 0 Å². The molecule has 0 amide bonds. The fourth-order valence-corrected chi connectivity index (χ4v) is 1.12. The van der Waals surface area contributed by atoms with Crippen LogP contribution in [-0.2, 0) is 11.3 Å². The minimum absolute atomic E-state index is 0.167. The first kappa shape index (κ1) is 10.0. The summed E-state index contributed by atoms with van der Waals surface area (Å²) < 4.78 is 4.89. The molecule has 1 rings (SSSR count). The molecule has 3 heteroatoms. The summed E-state index contributed by atoms with van der Waals surface area (Å²) in [6.45, 7) is 2.04. The number of hydrogen-bond acceptors (Lipinski definition) is 3. The van der Waals surface area contributed by atoms with Gasteiger partial charge < -0.3 is 14.9 Å². The highest BCUT2D eigenvalue weighted by Gasteiger charge is 2.05. The number of aromatic hydroxyl groups is 1. The summed E-state index contributed by atoms with van der Waals surface area (Å²) in [6.07, 6.45) is -0.553. The lowest BCUT2D eigenvalue weighted by atomic mass is 10.1. The van der Waals surface area contributed by atoms with E-state index in [0.717, 1.165) is 5.56 Å². The molecule has 0 saturated carbocycles. The molecule has 3 nitrogen and oxygen atoms in total. The predicted molar refractivity (Wildman–Crippen MR) is 49.5 cm³/mol. The van der Waals surface area contributed by atoms with Crippen molar-refractivity contribution in [1.29, 1.82) is 0 Å². The van der Waals surface area contributed by atoms with Crippen molar-refractivity contribution >= 4 is 0 Å². The van der Waals surface area contributed by atoms with Gasteiger partial charge in [-0.05, 0) is 18.6 Å². The van der Waals surface area contributed by atoms with Crippen molar-refractivity contribution in [1.82, 2.24) is 0 Å². The molecule has 1 unspecified atom stereocenters. The molecule has 1 aromatic rings. The van der Waals surface area contributed by atoms with E-state index < -0.39 is 6.10 Å². The van der Waals surface area contributed by atoms with Crippen molar-refractivity contribution in [2.75, 3.05) is 7.11 Å². The van der Waals surface area contributed by atoms with Gasteiger partial charge in [-0.3, -0.25) is 0 Å². The van der Waals surface area contributed by atoms with E-state index in [0.29, 0.717) is 12.2 Å². The molecule has 1 atom stereocenters. The van der Waals surface area contributed by atoms with Crippen molar-refractivity contribution in [2.45, 2.75) is 19.6 Å². The second kappa shape index (κ2) is 4.25. The summed E-state index contributed by atoms with van der Waals surface area (Å²) in [5.41, 5.74) is 1.43. The standard InChI is InChI=1S/C10H14O3/c1-7(11)8-3-4-9(6-13-2)10(12)5-8/h3-5,7,11-12H,6H2,1-2H3. The largest absolute Gasteiger partial charge is 0.508 e. The molecule has 0 heterocycles. The van der Waals surface area contributed by atoms with Gasteiger partial charge in [-0.15, -0.1) is 0 Å². The van der Waals surface area contributed by atoms with E-state index in [1.165, 1.54) is 0 Å². The molecule has 0 bridgehead atoms. The quantitative estimate of drug-likeness (QED) is 0.746. The number of ether oxygens (including phenoxy) is 1. The van der Waals surface area contributed by atoms with Crippen molar-refractivity contribution in [3.05, 3.63) is 29.3 Å². The Balaban J connectivity index is 2.92. The van der Waals surface area contributed by atoms with Crippen LogP contribution < -0.4 is 0 Å². The second-order valence-electron chi connectivity index (χ2n) is 3.00. The maximum absolute atomic E-state index is 9.48. The van der Waals surface area contributed by atoms with Gasteiger partial charge >= 0.3 is 0 Å². The molecule has 13 heavy (non-hydrogen) atoms. The van der Waals surface area contributed by atoms with Gasteiger partial charge in [0.25, 0.3) is 0 Å². The highest BCUT2D eigenvalue weighted by molar-refractivity contribution is 5.36. The number of hydrogen-bond donors (Lipinski definition) is 2. The molecule has 72 valence electrons. The Morgan fingerprint density at radius 2 is 2.15 bits per heavy atom. The zero-order chi connectivity index (χ0) is 9.84. The van der Waals surface area contributed by atoms with Gasteiger partial charge in [-0.1, -0.05) is 12.1 Å². The number of aliphatic hydroxyl groups excluding tert-OH is 1. The number of benzene rings is 1. The molecule has 2 N–H and O–H groups in total. The number of aliphatic hydroxyl groups is 1. The maximum Gasteiger partial charge on any atom is 0.121 e. The maximum atomic E-state index is 9.48. The number of rotatable bonds is 3. The summed E-state index contributed by atoms with van der Waals surface area (Å²) in [7, 11) is 1.57. The van der Waals surface area contributed by atoms with Crippen LogP contribution >= 0.6 is 0 Å². The van der Waals surface area contributed by atoms with Crippen LogP contribution in [0.1, 0.15) is 24.2 Å². The van der Waals surface area contributed by atoms with E-state index in [1.54, 1.807) is 32.2 Å². The Hall–Kier alpha value is -1.06. The smallest absolute Gasteiger partial charge is 0.121 e. The van der Waals surface area contributed by atoms with Crippen LogP contribution in [0.25, 0.3) is 0 Å². The first-order valence-electron chi connectivity index (χ1n) is 4.14. The summed E-state index contributed by atoms with van der Waals surface area (Å²) >= 11 is 0.